The first-order chi connectivity index (χ1) is 11.5. The number of nitrogens with two attached hydrogens (primary N) is 1. The largest absolute Gasteiger partial charge is 0.491 e. The van der Waals surface area contributed by atoms with E-state index in [0.29, 0.717) is 17.6 Å². The number of benzene rings is 1. The zero-order valence-electron chi connectivity index (χ0n) is 13.6. The van der Waals surface area contributed by atoms with Gasteiger partial charge in [-0.3, -0.25) is 4.79 Å². The number of carbonyl (C=O) groups excluding carboxylic acids is 1. The monoisotopic (exact) mass is 354 g/mol. The van der Waals surface area contributed by atoms with Gasteiger partial charge in [0.1, 0.15) is 11.6 Å². The first-order valence-electron chi connectivity index (χ1n) is 8.65. The van der Waals surface area contributed by atoms with Crippen molar-refractivity contribution >= 4 is 17.5 Å². The molecular formula is C18H24ClFN2O2. The smallest absolute Gasteiger partial charge is 0.223 e. The second-order valence-electron chi connectivity index (χ2n) is 6.95. The normalized spacial score (nSPS) is 29.1. The highest BCUT2D eigenvalue weighted by atomic mass is 35.5. The Kier molecular flexibility index (Phi) is 5.61. The second kappa shape index (κ2) is 7.70. The van der Waals surface area contributed by atoms with Gasteiger partial charge in [0.15, 0.2) is 0 Å². The van der Waals surface area contributed by atoms with E-state index in [1.165, 1.54) is 24.6 Å². The van der Waals surface area contributed by atoms with Gasteiger partial charge in [0.2, 0.25) is 5.91 Å². The average molecular weight is 355 g/mol. The lowest BCUT2D eigenvalue weighted by Crippen LogP contribution is -2.53. The van der Waals surface area contributed by atoms with E-state index >= 15 is 0 Å². The Hall–Kier alpha value is -1.33. The molecule has 3 rings (SSSR count). The van der Waals surface area contributed by atoms with Crippen LogP contribution < -0.4 is 15.8 Å². The van der Waals surface area contributed by atoms with Crippen LogP contribution in [-0.4, -0.2) is 24.6 Å². The highest BCUT2D eigenvalue weighted by Gasteiger charge is 2.39. The molecule has 2 bridgehead atoms. The van der Waals surface area contributed by atoms with Crippen molar-refractivity contribution in [2.45, 2.75) is 50.6 Å². The second-order valence-corrected chi connectivity index (χ2v) is 7.36. The minimum absolute atomic E-state index is 0.00870. The third-order valence-corrected chi connectivity index (χ3v) is 5.48. The lowest BCUT2D eigenvalue weighted by atomic mass is 9.67. The van der Waals surface area contributed by atoms with Crippen LogP contribution in [0.3, 0.4) is 0 Å². The summed E-state index contributed by atoms with van der Waals surface area (Å²) in [5, 5.41) is 3.40. The van der Waals surface area contributed by atoms with Crippen LogP contribution in [-0.2, 0) is 4.79 Å². The van der Waals surface area contributed by atoms with Gasteiger partial charge < -0.3 is 15.8 Å². The van der Waals surface area contributed by atoms with Crippen molar-refractivity contribution < 1.29 is 13.9 Å². The molecule has 2 fully saturated rings. The molecule has 0 aromatic heterocycles. The molecule has 0 heterocycles. The molecule has 2 saturated carbocycles. The molecule has 2 unspecified atom stereocenters. The molecule has 1 amide bonds. The zero-order valence-corrected chi connectivity index (χ0v) is 14.4. The Labute approximate surface area is 146 Å². The molecule has 0 spiro atoms. The molecule has 2 atom stereocenters. The maximum absolute atomic E-state index is 13.0. The van der Waals surface area contributed by atoms with Crippen LogP contribution in [0.1, 0.15) is 38.5 Å². The SMILES string of the molecule is NC1CC2CCCC(C1)C2NC(=O)CCOc1ccc(F)cc1Cl. The van der Waals surface area contributed by atoms with E-state index in [9.17, 15) is 9.18 Å². The van der Waals surface area contributed by atoms with Crippen LogP contribution in [0.15, 0.2) is 18.2 Å². The summed E-state index contributed by atoms with van der Waals surface area (Å²) in [6.45, 7) is 0.221. The van der Waals surface area contributed by atoms with Gasteiger partial charge in [0.05, 0.1) is 18.1 Å². The van der Waals surface area contributed by atoms with Gasteiger partial charge in [-0.05, 0) is 55.7 Å². The summed E-state index contributed by atoms with van der Waals surface area (Å²) in [6, 6.07) is 4.48. The molecule has 132 valence electrons. The zero-order chi connectivity index (χ0) is 17.1. The summed E-state index contributed by atoms with van der Waals surface area (Å²) in [4.78, 5) is 12.2. The fraction of sp³-hybridized carbons (Fsp3) is 0.611. The topological polar surface area (TPSA) is 64.3 Å². The molecule has 4 nitrogen and oxygen atoms in total. The predicted molar refractivity (Wildman–Crippen MR) is 91.5 cm³/mol. The van der Waals surface area contributed by atoms with Gasteiger partial charge in [-0.1, -0.05) is 18.0 Å². The number of halogens is 2. The fourth-order valence-electron chi connectivity index (χ4n) is 4.13. The van der Waals surface area contributed by atoms with Crippen molar-refractivity contribution in [1.29, 1.82) is 0 Å². The number of amides is 1. The van der Waals surface area contributed by atoms with E-state index in [-0.39, 0.29) is 36.0 Å². The molecule has 1 aromatic carbocycles. The van der Waals surface area contributed by atoms with Crippen LogP contribution >= 0.6 is 11.6 Å². The number of ether oxygens (including phenoxy) is 1. The molecular weight excluding hydrogens is 331 g/mol. The average Bonchev–Trinajstić information content (AvgIpc) is 2.50. The summed E-state index contributed by atoms with van der Waals surface area (Å²) in [5.41, 5.74) is 6.12. The van der Waals surface area contributed by atoms with Crippen molar-refractivity contribution in [3.8, 4) is 5.75 Å². The standard InChI is InChI=1S/C18H24ClFN2O2/c19-15-10-13(20)4-5-16(15)24-7-6-17(23)22-18-11-2-1-3-12(18)9-14(21)8-11/h4-5,10-12,14,18H,1-3,6-9,21H2,(H,22,23). The number of hydrogen-bond acceptors (Lipinski definition) is 3. The minimum Gasteiger partial charge on any atom is -0.491 e. The van der Waals surface area contributed by atoms with Gasteiger partial charge in [0, 0.05) is 12.1 Å². The highest BCUT2D eigenvalue weighted by molar-refractivity contribution is 6.32. The quantitative estimate of drug-likeness (QED) is 0.853. The van der Waals surface area contributed by atoms with E-state index in [4.69, 9.17) is 22.1 Å². The summed E-state index contributed by atoms with van der Waals surface area (Å²) in [5.74, 6) is 0.983. The lowest BCUT2D eigenvalue weighted by Gasteiger charge is -2.45. The van der Waals surface area contributed by atoms with Crippen LogP contribution in [0.2, 0.25) is 5.02 Å². The highest BCUT2D eigenvalue weighted by Crippen LogP contribution is 2.39. The Morgan fingerprint density at radius 3 is 2.71 bits per heavy atom. The summed E-state index contributed by atoms with van der Waals surface area (Å²) >= 11 is 5.90. The molecule has 24 heavy (non-hydrogen) atoms. The first kappa shape index (κ1) is 17.5. The molecule has 0 saturated heterocycles. The minimum atomic E-state index is -0.410. The fourth-order valence-corrected chi connectivity index (χ4v) is 4.35. The Balaban J connectivity index is 1.47. The van der Waals surface area contributed by atoms with Gasteiger partial charge in [-0.2, -0.15) is 0 Å². The lowest BCUT2D eigenvalue weighted by molar-refractivity contribution is -0.123. The van der Waals surface area contributed by atoms with Crippen LogP contribution in [0.5, 0.6) is 5.75 Å². The summed E-state index contributed by atoms with van der Waals surface area (Å²) < 4.78 is 18.5. The molecule has 3 N–H and O–H groups in total. The Morgan fingerprint density at radius 1 is 1.33 bits per heavy atom. The number of fused-ring (bicyclic) bond motifs is 2. The van der Waals surface area contributed by atoms with E-state index in [2.05, 4.69) is 5.32 Å². The van der Waals surface area contributed by atoms with Crippen LogP contribution in [0, 0.1) is 17.7 Å². The van der Waals surface area contributed by atoms with Crippen molar-refractivity contribution in [1.82, 2.24) is 5.32 Å². The van der Waals surface area contributed by atoms with E-state index < -0.39 is 5.82 Å². The van der Waals surface area contributed by atoms with E-state index in [1.807, 2.05) is 0 Å². The van der Waals surface area contributed by atoms with Crippen LogP contribution in [0.4, 0.5) is 4.39 Å². The third-order valence-electron chi connectivity index (χ3n) is 5.18. The van der Waals surface area contributed by atoms with Gasteiger partial charge >= 0.3 is 0 Å². The molecule has 0 aliphatic heterocycles. The van der Waals surface area contributed by atoms with Crippen molar-refractivity contribution in [3.63, 3.8) is 0 Å². The Morgan fingerprint density at radius 2 is 2.04 bits per heavy atom. The molecule has 2 aliphatic rings. The van der Waals surface area contributed by atoms with Crippen molar-refractivity contribution in [2.24, 2.45) is 17.6 Å². The van der Waals surface area contributed by atoms with E-state index in [0.717, 1.165) is 25.7 Å². The molecule has 1 aromatic rings. The summed E-state index contributed by atoms with van der Waals surface area (Å²) in [6.07, 6.45) is 5.80. The number of rotatable bonds is 5. The maximum atomic E-state index is 13.0. The molecule has 0 radical (unpaired) electrons. The van der Waals surface area contributed by atoms with Gasteiger partial charge in [-0.25, -0.2) is 4.39 Å². The molecule has 2 aliphatic carbocycles. The number of hydrogen-bond donors (Lipinski definition) is 2. The third kappa shape index (κ3) is 4.19. The first-order valence-corrected chi connectivity index (χ1v) is 9.03. The summed E-state index contributed by atoms with van der Waals surface area (Å²) in [7, 11) is 0. The predicted octanol–water partition coefficient (Wildman–Crippen LogP) is 3.27. The number of carbonyl (C=O) groups is 1. The molecule has 6 heteroatoms. The van der Waals surface area contributed by atoms with Crippen molar-refractivity contribution in [3.05, 3.63) is 29.0 Å². The Bertz CT molecular complexity index is 584. The van der Waals surface area contributed by atoms with Crippen LogP contribution in [0.25, 0.3) is 0 Å². The maximum Gasteiger partial charge on any atom is 0.223 e. The van der Waals surface area contributed by atoms with Gasteiger partial charge in [-0.15, -0.1) is 0 Å². The van der Waals surface area contributed by atoms with E-state index in [1.54, 1.807) is 0 Å². The number of nitrogens with one attached hydrogen (secondary N) is 1. The van der Waals surface area contributed by atoms with Gasteiger partial charge in [0.25, 0.3) is 0 Å². The van der Waals surface area contributed by atoms with Crippen molar-refractivity contribution in [2.75, 3.05) is 6.61 Å².